The molecule has 1 heterocycles. The van der Waals surface area contributed by atoms with Crippen LogP contribution < -0.4 is 10.2 Å². The number of nitrogens with zero attached hydrogens (tertiary/aromatic N) is 2. The van der Waals surface area contributed by atoms with E-state index >= 15 is 0 Å². The summed E-state index contributed by atoms with van der Waals surface area (Å²) in [4.78, 5) is 13.2. The van der Waals surface area contributed by atoms with E-state index < -0.39 is 0 Å². The van der Waals surface area contributed by atoms with Gasteiger partial charge in [-0.3, -0.25) is 10.1 Å². The van der Waals surface area contributed by atoms with Crippen LogP contribution in [0.15, 0.2) is 42.5 Å². The van der Waals surface area contributed by atoms with E-state index in [4.69, 9.17) is 0 Å². The van der Waals surface area contributed by atoms with Gasteiger partial charge in [-0.15, -0.1) is 0 Å². The van der Waals surface area contributed by atoms with Gasteiger partial charge in [0.15, 0.2) is 0 Å². The zero-order valence-electron chi connectivity index (χ0n) is 12.6. The van der Waals surface area contributed by atoms with Crippen molar-refractivity contribution in [3.8, 4) is 0 Å². The quantitative estimate of drug-likeness (QED) is 0.677. The van der Waals surface area contributed by atoms with Gasteiger partial charge in [0.25, 0.3) is 5.69 Å². The highest BCUT2D eigenvalue weighted by Gasteiger charge is 2.18. The molecule has 1 aliphatic heterocycles. The molecule has 0 radical (unpaired) electrons. The van der Waals surface area contributed by atoms with E-state index in [2.05, 4.69) is 10.2 Å². The Hall–Kier alpha value is -2.56. The minimum Gasteiger partial charge on any atom is -0.371 e. The Labute approximate surface area is 129 Å². The third-order valence-electron chi connectivity index (χ3n) is 3.98. The highest BCUT2D eigenvalue weighted by atomic mass is 16.6. The van der Waals surface area contributed by atoms with Gasteiger partial charge in [-0.25, -0.2) is 0 Å². The zero-order valence-corrected chi connectivity index (χ0v) is 12.6. The van der Waals surface area contributed by atoms with Crippen LogP contribution in [0, 0.1) is 17.0 Å². The number of anilines is 3. The van der Waals surface area contributed by atoms with E-state index in [9.17, 15) is 10.1 Å². The lowest BCUT2D eigenvalue weighted by Crippen LogP contribution is -2.17. The predicted molar refractivity (Wildman–Crippen MR) is 89.0 cm³/mol. The van der Waals surface area contributed by atoms with E-state index in [1.54, 1.807) is 6.07 Å². The maximum Gasteiger partial charge on any atom is 0.292 e. The lowest BCUT2D eigenvalue weighted by atomic mass is 10.2. The van der Waals surface area contributed by atoms with Gasteiger partial charge in [0.05, 0.1) is 4.92 Å². The second-order valence-electron chi connectivity index (χ2n) is 5.64. The molecule has 1 N–H and O–H groups in total. The molecular weight excluding hydrogens is 278 g/mol. The van der Waals surface area contributed by atoms with E-state index in [0.29, 0.717) is 5.69 Å². The first kappa shape index (κ1) is 14.4. The number of hydrogen-bond donors (Lipinski definition) is 1. The summed E-state index contributed by atoms with van der Waals surface area (Å²) in [6.45, 7) is 4.05. The molecule has 0 bridgehead atoms. The molecule has 22 heavy (non-hydrogen) atoms. The van der Waals surface area contributed by atoms with Gasteiger partial charge in [0, 0.05) is 30.5 Å². The first-order valence-electron chi connectivity index (χ1n) is 7.50. The molecule has 1 saturated heterocycles. The topological polar surface area (TPSA) is 58.4 Å². The number of nitro benzene ring substituents is 1. The van der Waals surface area contributed by atoms with Crippen LogP contribution in [-0.4, -0.2) is 18.0 Å². The first-order valence-corrected chi connectivity index (χ1v) is 7.50. The third-order valence-corrected chi connectivity index (χ3v) is 3.98. The Kier molecular flexibility index (Phi) is 3.96. The predicted octanol–water partition coefficient (Wildman–Crippen LogP) is 4.25. The summed E-state index contributed by atoms with van der Waals surface area (Å²) in [6.07, 6.45) is 2.36. The normalized spacial score (nSPS) is 14.1. The van der Waals surface area contributed by atoms with Gasteiger partial charge >= 0.3 is 0 Å². The van der Waals surface area contributed by atoms with Gasteiger partial charge in [0.1, 0.15) is 5.69 Å². The molecule has 5 nitrogen and oxygen atoms in total. The van der Waals surface area contributed by atoms with Crippen molar-refractivity contribution >= 4 is 22.7 Å². The number of nitro groups is 1. The lowest BCUT2D eigenvalue weighted by Gasteiger charge is -2.18. The average molecular weight is 297 g/mol. The molecule has 2 aromatic carbocycles. The summed E-state index contributed by atoms with van der Waals surface area (Å²) in [5, 5.41) is 14.4. The maximum absolute atomic E-state index is 11.3. The largest absolute Gasteiger partial charge is 0.371 e. The van der Waals surface area contributed by atoms with Crippen molar-refractivity contribution in [1.82, 2.24) is 0 Å². The second kappa shape index (κ2) is 6.05. The summed E-state index contributed by atoms with van der Waals surface area (Å²) in [5.41, 5.74) is 3.69. The Balaban J connectivity index is 1.93. The van der Waals surface area contributed by atoms with Crippen LogP contribution in [0.1, 0.15) is 18.4 Å². The Morgan fingerprint density at radius 2 is 1.77 bits per heavy atom. The molecule has 0 aliphatic carbocycles. The Morgan fingerprint density at radius 1 is 1.09 bits per heavy atom. The minimum absolute atomic E-state index is 0.100. The summed E-state index contributed by atoms with van der Waals surface area (Å²) in [6, 6.07) is 13.1. The standard InChI is InChI=1S/C17H19N3O2/c1-13-4-6-14(7-5-13)18-16-12-15(19-10-2-3-11-19)8-9-17(16)20(21)22/h4-9,12,18H,2-3,10-11H2,1H3. The van der Waals surface area contributed by atoms with Crippen molar-refractivity contribution < 1.29 is 4.92 Å². The van der Waals surface area contributed by atoms with Gasteiger partial charge in [-0.1, -0.05) is 17.7 Å². The van der Waals surface area contributed by atoms with Crippen molar-refractivity contribution in [2.24, 2.45) is 0 Å². The van der Waals surface area contributed by atoms with E-state index in [1.165, 1.54) is 12.8 Å². The molecule has 0 aromatic heterocycles. The Bertz CT molecular complexity index is 677. The second-order valence-corrected chi connectivity index (χ2v) is 5.64. The van der Waals surface area contributed by atoms with Crippen molar-refractivity contribution in [3.05, 3.63) is 58.1 Å². The van der Waals surface area contributed by atoms with Crippen molar-refractivity contribution in [2.45, 2.75) is 19.8 Å². The fraction of sp³-hybridized carbons (Fsp3) is 0.294. The number of benzene rings is 2. The van der Waals surface area contributed by atoms with Crippen LogP contribution >= 0.6 is 0 Å². The van der Waals surface area contributed by atoms with Crippen LogP contribution in [0.25, 0.3) is 0 Å². The SMILES string of the molecule is Cc1ccc(Nc2cc(N3CCCC3)ccc2[N+](=O)[O-])cc1. The molecule has 1 aliphatic rings. The maximum atomic E-state index is 11.3. The highest BCUT2D eigenvalue weighted by Crippen LogP contribution is 2.33. The molecule has 0 atom stereocenters. The van der Waals surface area contributed by atoms with Gasteiger partial charge in [-0.05, 0) is 44.0 Å². The average Bonchev–Trinajstić information content (AvgIpc) is 3.03. The minimum atomic E-state index is -0.343. The fourth-order valence-corrected chi connectivity index (χ4v) is 2.75. The molecule has 3 rings (SSSR count). The summed E-state index contributed by atoms with van der Waals surface area (Å²) in [5.74, 6) is 0. The van der Waals surface area contributed by atoms with Crippen LogP contribution in [0.4, 0.5) is 22.7 Å². The Morgan fingerprint density at radius 3 is 2.41 bits per heavy atom. The number of hydrogen-bond acceptors (Lipinski definition) is 4. The van der Waals surface area contributed by atoms with E-state index in [0.717, 1.165) is 30.0 Å². The number of nitrogens with one attached hydrogen (secondary N) is 1. The van der Waals surface area contributed by atoms with Crippen LogP contribution in [0.5, 0.6) is 0 Å². The summed E-state index contributed by atoms with van der Waals surface area (Å²) in [7, 11) is 0. The molecule has 114 valence electrons. The van der Waals surface area contributed by atoms with E-state index in [-0.39, 0.29) is 10.6 Å². The van der Waals surface area contributed by atoms with E-state index in [1.807, 2.05) is 43.3 Å². The third kappa shape index (κ3) is 3.03. The van der Waals surface area contributed by atoms with Crippen LogP contribution in [-0.2, 0) is 0 Å². The molecule has 0 saturated carbocycles. The molecular formula is C17H19N3O2. The number of aryl methyl sites for hydroxylation is 1. The van der Waals surface area contributed by atoms with Gasteiger partial charge < -0.3 is 10.2 Å². The van der Waals surface area contributed by atoms with Crippen LogP contribution in [0.3, 0.4) is 0 Å². The molecule has 0 amide bonds. The van der Waals surface area contributed by atoms with Crippen LogP contribution in [0.2, 0.25) is 0 Å². The molecule has 0 unspecified atom stereocenters. The van der Waals surface area contributed by atoms with Gasteiger partial charge in [-0.2, -0.15) is 0 Å². The molecule has 0 spiro atoms. The monoisotopic (exact) mass is 297 g/mol. The van der Waals surface area contributed by atoms with Crippen molar-refractivity contribution in [3.63, 3.8) is 0 Å². The smallest absolute Gasteiger partial charge is 0.292 e. The van der Waals surface area contributed by atoms with Crippen molar-refractivity contribution in [2.75, 3.05) is 23.3 Å². The first-order chi connectivity index (χ1) is 10.6. The number of rotatable bonds is 4. The zero-order chi connectivity index (χ0) is 15.5. The molecule has 2 aromatic rings. The highest BCUT2D eigenvalue weighted by molar-refractivity contribution is 5.74. The molecule has 5 heteroatoms. The fourth-order valence-electron chi connectivity index (χ4n) is 2.75. The summed E-state index contributed by atoms with van der Waals surface area (Å²) < 4.78 is 0. The van der Waals surface area contributed by atoms with Crippen molar-refractivity contribution in [1.29, 1.82) is 0 Å². The van der Waals surface area contributed by atoms with Gasteiger partial charge in [0.2, 0.25) is 0 Å². The lowest BCUT2D eigenvalue weighted by molar-refractivity contribution is -0.383. The summed E-state index contributed by atoms with van der Waals surface area (Å²) >= 11 is 0. The molecule has 1 fully saturated rings.